The first kappa shape index (κ1) is 22.8. The smallest absolute Gasteiger partial charge is 0.283 e. The highest BCUT2D eigenvalue weighted by Gasteiger charge is 2.29. The summed E-state index contributed by atoms with van der Waals surface area (Å²) in [6, 6.07) is 11.5. The van der Waals surface area contributed by atoms with Crippen molar-refractivity contribution < 1.29 is 17.6 Å². The molecule has 1 aromatic heterocycles. The van der Waals surface area contributed by atoms with Gasteiger partial charge in [-0.05, 0) is 55.8 Å². The molecule has 0 saturated carbocycles. The second-order valence-corrected chi connectivity index (χ2v) is 9.50. The molecule has 0 saturated heterocycles. The molecule has 3 aromatic rings. The van der Waals surface area contributed by atoms with Gasteiger partial charge in [0.05, 0.1) is 17.8 Å². The van der Waals surface area contributed by atoms with Gasteiger partial charge in [0.2, 0.25) is 0 Å². The minimum absolute atomic E-state index is 0.0626. The molecule has 0 spiro atoms. The Labute approximate surface area is 185 Å². The maximum absolute atomic E-state index is 14.4. The van der Waals surface area contributed by atoms with E-state index in [-0.39, 0.29) is 28.9 Å². The van der Waals surface area contributed by atoms with Gasteiger partial charge in [-0.25, -0.2) is 4.39 Å². The topological polar surface area (TPSA) is 84.3 Å². The van der Waals surface area contributed by atoms with E-state index in [9.17, 15) is 17.6 Å². The minimum Gasteiger partial charge on any atom is -0.350 e. The molecule has 0 fully saturated rings. The van der Waals surface area contributed by atoms with Crippen molar-refractivity contribution in [1.29, 1.82) is 0 Å². The third kappa shape index (κ3) is 5.23. The second kappa shape index (κ2) is 9.07. The number of carbonyl (C=O) groups is 1. The maximum atomic E-state index is 14.4. The van der Waals surface area contributed by atoms with Gasteiger partial charge in [0.15, 0.2) is 5.03 Å². The number of aromatic nitrogens is 2. The first-order valence-electron chi connectivity index (χ1n) is 9.45. The van der Waals surface area contributed by atoms with Gasteiger partial charge in [0, 0.05) is 24.3 Å². The lowest BCUT2D eigenvalue weighted by Gasteiger charge is -2.24. The van der Waals surface area contributed by atoms with Crippen molar-refractivity contribution in [3.05, 3.63) is 76.7 Å². The van der Waals surface area contributed by atoms with Crippen LogP contribution in [0.5, 0.6) is 0 Å². The highest BCUT2D eigenvalue weighted by Crippen LogP contribution is 2.27. The first-order valence-corrected chi connectivity index (χ1v) is 11.3. The fourth-order valence-electron chi connectivity index (χ4n) is 2.90. The largest absolute Gasteiger partial charge is 0.350 e. The SMILES string of the molecule is CC(C)NC(=O)c1cc(N(Cc2ccc(Cl)cc2)S(=O)(=O)c2ccn(C)n2)ccc1F. The van der Waals surface area contributed by atoms with Crippen LogP contribution in [0.25, 0.3) is 0 Å². The highest BCUT2D eigenvalue weighted by atomic mass is 35.5. The summed E-state index contributed by atoms with van der Waals surface area (Å²) in [6.45, 7) is 3.43. The van der Waals surface area contributed by atoms with Crippen molar-refractivity contribution >= 4 is 33.2 Å². The summed E-state index contributed by atoms with van der Waals surface area (Å²) in [5.74, 6) is -1.38. The number of hydrogen-bond donors (Lipinski definition) is 1. The third-order valence-corrected chi connectivity index (χ3v) is 6.30. The fourth-order valence-corrected chi connectivity index (χ4v) is 4.42. The van der Waals surface area contributed by atoms with E-state index in [1.807, 2.05) is 0 Å². The summed E-state index contributed by atoms with van der Waals surface area (Å²) in [5, 5.41) is 6.98. The third-order valence-electron chi connectivity index (χ3n) is 4.39. The van der Waals surface area contributed by atoms with Gasteiger partial charge in [0.25, 0.3) is 15.9 Å². The minimum atomic E-state index is -4.11. The Balaban J connectivity index is 2.10. The van der Waals surface area contributed by atoms with Gasteiger partial charge in [-0.1, -0.05) is 23.7 Å². The van der Waals surface area contributed by atoms with Crippen molar-refractivity contribution in [1.82, 2.24) is 15.1 Å². The van der Waals surface area contributed by atoms with E-state index in [1.165, 1.54) is 29.1 Å². The van der Waals surface area contributed by atoms with Crippen LogP contribution in [0, 0.1) is 5.82 Å². The number of rotatable bonds is 7. The summed E-state index contributed by atoms with van der Waals surface area (Å²) in [4.78, 5) is 12.4. The molecule has 7 nitrogen and oxygen atoms in total. The summed E-state index contributed by atoms with van der Waals surface area (Å²) in [7, 11) is -2.50. The van der Waals surface area contributed by atoms with E-state index in [4.69, 9.17) is 11.6 Å². The van der Waals surface area contributed by atoms with Crippen LogP contribution in [0.15, 0.2) is 59.8 Å². The number of aryl methyl sites for hydroxylation is 1. The number of amides is 1. The Morgan fingerprint density at radius 3 is 2.45 bits per heavy atom. The number of halogens is 2. The maximum Gasteiger partial charge on any atom is 0.283 e. The molecule has 164 valence electrons. The van der Waals surface area contributed by atoms with E-state index in [0.717, 1.165) is 10.4 Å². The number of carbonyl (C=O) groups excluding carboxylic acids is 1. The molecule has 0 aliphatic carbocycles. The Morgan fingerprint density at radius 1 is 1.19 bits per heavy atom. The van der Waals surface area contributed by atoms with Gasteiger partial charge in [-0.2, -0.15) is 13.5 Å². The molecule has 31 heavy (non-hydrogen) atoms. The van der Waals surface area contributed by atoms with Crippen molar-refractivity contribution in [2.75, 3.05) is 4.31 Å². The average molecular weight is 465 g/mol. The lowest BCUT2D eigenvalue weighted by atomic mass is 10.1. The highest BCUT2D eigenvalue weighted by molar-refractivity contribution is 7.92. The molecule has 1 heterocycles. The molecule has 1 N–H and O–H groups in total. The lowest BCUT2D eigenvalue weighted by molar-refractivity contribution is 0.0939. The van der Waals surface area contributed by atoms with E-state index >= 15 is 0 Å². The molecule has 0 bridgehead atoms. The number of nitrogens with one attached hydrogen (secondary N) is 1. The summed E-state index contributed by atoms with van der Waals surface area (Å²) >= 11 is 5.94. The van der Waals surface area contributed by atoms with Crippen LogP contribution in [0.2, 0.25) is 5.02 Å². The summed E-state index contributed by atoms with van der Waals surface area (Å²) < 4.78 is 43.6. The molecule has 0 radical (unpaired) electrons. The molecule has 2 aromatic carbocycles. The molecule has 10 heteroatoms. The van der Waals surface area contributed by atoms with Crippen molar-refractivity contribution in [2.45, 2.75) is 31.5 Å². The number of hydrogen-bond acceptors (Lipinski definition) is 4. The molecular formula is C21H22ClFN4O3S. The molecule has 0 aliphatic rings. The van der Waals surface area contributed by atoms with Crippen LogP contribution in [-0.2, 0) is 23.6 Å². The number of benzene rings is 2. The van der Waals surface area contributed by atoms with Gasteiger partial charge in [-0.3, -0.25) is 13.8 Å². The predicted octanol–water partition coefficient (Wildman–Crippen LogP) is 3.75. The van der Waals surface area contributed by atoms with Gasteiger partial charge < -0.3 is 5.32 Å². The quantitative estimate of drug-likeness (QED) is 0.577. The molecule has 0 atom stereocenters. The number of sulfonamides is 1. The average Bonchev–Trinajstić information content (AvgIpc) is 3.14. The van der Waals surface area contributed by atoms with E-state index < -0.39 is 21.7 Å². The summed E-state index contributed by atoms with van der Waals surface area (Å²) in [5.41, 5.74) is 0.542. The lowest BCUT2D eigenvalue weighted by Crippen LogP contribution is -2.33. The van der Waals surface area contributed by atoms with Crippen LogP contribution in [0.3, 0.4) is 0 Å². The molecule has 0 aliphatic heterocycles. The number of nitrogens with zero attached hydrogens (tertiary/aromatic N) is 3. The Bertz CT molecular complexity index is 1190. The zero-order valence-corrected chi connectivity index (χ0v) is 18.8. The molecule has 1 amide bonds. The monoisotopic (exact) mass is 464 g/mol. The molecule has 0 unspecified atom stereocenters. The Hall–Kier alpha value is -2.91. The normalized spacial score (nSPS) is 11.5. The van der Waals surface area contributed by atoms with Crippen LogP contribution in [0.1, 0.15) is 29.8 Å². The fraction of sp³-hybridized carbons (Fsp3) is 0.238. The van der Waals surface area contributed by atoms with Crippen molar-refractivity contribution in [2.24, 2.45) is 7.05 Å². The van der Waals surface area contributed by atoms with Crippen molar-refractivity contribution in [3.63, 3.8) is 0 Å². The first-order chi connectivity index (χ1) is 14.6. The second-order valence-electron chi connectivity index (χ2n) is 7.26. The van der Waals surface area contributed by atoms with Crippen LogP contribution in [0.4, 0.5) is 10.1 Å². The van der Waals surface area contributed by atoms with Crippen LogP contribution in [-0.4, -0.2) is 30.1 Å². The van der Waals surface area contributed by atoms with Crippen LogP contribution >= 0.6 is 11.6 Å². The Kier molecular flexibility index (Phi) is 6.66. The van der Waals surface area contributed by atoms with E-state index in [2.05, 4.69) is 10.4 Å². The van der Waals surface area contributed by atoms with Gasteiger partial charge >= 0.3 is 0 Å². The zero-order valence-electron chi connectivity index (χ0n) is 17.2. The summed E-state index contributed by atoms with van der Waals surface area (Å²) in [6.07, 6.45) is 1.51. The van der Waals surface area contributed by atoms with Crippen molar-refractivity contribution in [3.8, 4) is 0 Å². The standard InChI is InChI=1S/C21H22ClFN4O3S/c1-14(2)24-21(28)18-12-17(8-9-19(18)23)27(13-15-4-6-16(22)7-5-15)31(29,30)20-10-11-26(3)25-20/h4-12,14H,13H2,1-3H3,(H,24,28). The molecular weight excluding hydrogens is 443 g/mol. The zero-order chi connectivity index (χ0) is 22.8. The van der Waals surface area contributed by atoms with Crippen LogP contribution < -0.4 is 9.62 Å². The van der Waals surface area contributed by atoms with E-state index in [1.54, 1.807) is 45.2 Å². The molecule has 3 rings (SSSR count). The number of anilines is 1. The van der Waals surface area contributed by atoms with Gasteiger partial charge in [-0.15, -0.1) is 0 Å². The Morgan fingerprint density at radius 2 is 1.87 bits per heavy atom. The van der Waals surface area contributed by atoms with Gasteiger partial charge in [0.1, 0.15) is 5.82 Å². The predicted molar refractivity (Wildman–Crippen MR) is 117 cm³/mol. The van der Waals surface area contributed by atoms with E-state index in [0.29, 0.717) is 10.6 Å².